The van der Waals surface area contributed by atoms with Crippen LogP contribution in [0.15, 0.2) is 12.4 Å². The van der Waals surface area contributed by atoms with Gasteiger partial charge in [-0.15, -0.1) is 5.10 Å². The van der Waals surface area contributed by atoms with Gasteiger partial charge < -0.3 is 10.1 Å². The Morgan fingerprint density at radius 3 is 2.73 bits per heavy atom. The van der Waals surface area contributed by atoms with Crippen molar-refractivity contribution in [1.82, 2.24) is 30.3 Å². The van der Waals surface area contributed by atoms with Crippen LogP contribution in [0.1, 0.15) is 33.6 Å². The maximum atomic E-state index is 12.5. The number of nitrogens with one attached hydrogen (secondary N) is 1. The van der Waals surface area contributed by atoms with Crippen molar-refractivity contribution in [3.63, 3.8) is 0 Å². The Hall–Kier alpha value is -2.35. The molecule has 0 spiro atoms. The van der Waals surface area contributed by atoms with Gasteiger partial charge in [-0.05, 0) is 20.8 Å². The second-order valence-corrected chi connectivity index (χ2v) is 5.40. The number of hydrogen-bond donors (Lipinski definition) is 1. The minimum Gasteiger partial charge on any atom is -0.377 e. The van der Waals surface area contributed by atoms with Gasteiger partial charge in [0.2, 0.25) is 0 Å². The van der Waals surface area contributed by atoms with Gasteiger partial charge in [0, 0.05) is 6.20 Å². The summed E-state index contributed by atoms with van der Waals surface area (Å²) in [5.74, 6) is -0.242. The van der Waals surface area contributed by atoms with Crippen molar-refractivity contribution >= 4 is 5.91 Å². The number of ether oxygens (including phenoxy) is 1. The number of nitrogens with zero attached hydrogens (tertiary/aromatic N) is 5. The van der Waals surface area contributed by atoms with Crippen LogP contribution in [0, 0.1) is 20.8 Å². The summed E-state index contributed by atoms with van der Waals surface area (Å²) >= 11 is 0. The lowest BCUT2D eigenvalue weighted by Crippen LogP contribution is -2.41. The highest BCUT2D eigenvalue weighted by Gasteiger charge is 2.32. The minimum absolute atomic E-state index is 0.0636. The first kappa shape index (κ1) is 14.6. The minimum atomic E-state index is -0.242. The first-order valence-electron chi connectivity index (χ1n) is 7.12. The van der Waals surface area contributed by atoms with Crippen LogP contribution >= 0.6 is 0 Å². The molecule has 1 amide bonds. The molecule has 22 heavy (non-hydrogen) atoms. The van der Waals surface area contributed by atoms with Crippen molar-refractivity contribution in [2.45, 2.75) is 32.9 Å². The highest BCUT2D eigenvalue weighted by atomic mass is 16.5. The molecule has 1 aliphatic rings. The topological polar surface area (TPSA) is 94.8 Å². The predicted octanol–water partition coefficient (Wildman–Crippen LogP) is 0.363. The SMILES string of the molecule is Cc1nc(C)c(C(=O)N[C@H]2COC[C@H]2n2ccnn2)nc1C. The van der Waals surface area contributed by atoms with Crippen molar-refractivity contribution in [2.24, 2.45) is 0 Å². The van der Waals surface area contributed by atoms with Gasteiger partial charge in [-0.2, -0.15) is 0 Å². The van der Waals surface area contributed by atoms with E-state index in [9.17, 15) is 4.79 Å². The molecular weight excluding hydrogens is 284 g/mol. The molecule has 0 aromatic carbocycles. The molecule has 1 N–H and O–H groups in total. The average molecular weight is 302 g/mol. The summed E-state index contributed by atoms with van der Waals surface area (Å²) in [6, 6.07) is -0.233. The summed E-state index contributed by atoms with van der Waals surface area (Å²) in [4.78, 5) is 21.2. The first-order valence-corrected chi connectivity index (χ1v) is 7.12. The Balaban J connectivity index is 1.78. The second kappa shape index (κ2) is 5.80. The highest BCUT2D eigenvalue weighted by molar-refractivity contribution is 5.93. The smallest absolute Gasteiger partial charge is 0.272 e. The van der Waals surface area contributed by atoms with E-state index in [1.807, 2.05) is 13.8 Å². The molecule has 2 aromatic heterocycles. The molecule has 0 aliphatic carbocycles. The van der Waals surface area contributed by atoms with E-state index < -0.39 is 0 Å². The van der Waals surface area contributed by atoms with Crippen molar-refractivity contribution in [2.75, 3.05) is 13.2 Å². The summed E-state index contributed by atoms with van der Waals surface area (Å²) in [5, 5.41) is 10.7. The van der Waals surface area contributed by atoms with Crippen LogP contribution in [0.2, 0.25) is 0 Å². The van der Waals surface area contributed by atoms with Gasteiger partial charge in [-0.3, -0.25) is 9.78 Å². The largest absolute Gasteiger partial charge is 0.377 e. The van der Waals surface area contributed by atoms with Crippen LogP contribution in [0.4, 0.5) is 0 Å². The molecule has 0 unspecified atom stereocenters. The van der Waals surface area contributed by atoms with Crippen LogP contribution in [0.25, 0.3) is 0 Å². The fraction of sp³-hybridized carbons (Fsp3) is 0.500. The summed E-state index contributed by atoms with van der Waals surface area (Å²) < 4.78 is 7.17. The van der Waals surface area contributed by atoms with Crippen LogP contribution in [0.3, 0.4) is 0 Å². The van der Waals surface area contributed by atoms with E-state index in [1.54, 1.807) is 24.0 Å². The molecule has 0 radical (unpaired) electrons. The molecular formula is C14H18N6O2. The molecule has 2 aromatic rings. The monoisotopic (exact) mass is 302 g/mol. The van der Waals surface area contributed by atoms with E-state index >= 15 is 0 Å². The fourth-order valence-electron chi connectivity index (χ4n) is 2.50. The van der Waals surface area contributed by atoms with E-state index in [2.05, 4.69) is 25.6 Å². The molecule has 8 heteroatoms. The highest BCUT2D eigenvalue weighted by Crippen LogP contribution is 2.19. The summed E-state index contributed by atoms with van der Waals surface area (Å²) in [5.41, 5.74) is 2.56. The molecule has 3 rings (SSSR count). The van der Waals surface area contributed by atoms with E-state index in [0.717, 1.165) is 11.4 Å². The van der Waals surface area contributed by atoms with Crippen molar-refractivity contribution in [1.29, 1.82) is 0 Å². The Morgan fingerprint density at radius 1 is 1.23 bits per heavy atom. The molecule has 3 heterocycles. The predicted molar refractivity (Wildman–Crippen MR) is 77.4 cm³/mol. The Bertz CT molecular complexity index is 685. The van der Waals surface area contributed by atoms with Crippen LogP contribution in [-0.4, -0.2) is 50.1 Å². The number of rotatable bonds is 3. The van der Waals surface area contributed by atoms with E-state index in [-0.39, 0.29) is 18.0 Å². The van der Waals surface area contributed by atoms with E-state index in [4.69, 9.17) is 4.74 Å². The number of hydrogen-bond acceptors (Lipinski definition) is 6. The van der Waals surface area contributed by atoms with Gasteiger partial charge in [0.15, 0.2) is 0 Å². The Kier molecular flexibility index (Phi) is 3.84. The normalized spacial score (nSPS) is 21.0. The molecule has 1 fully saturated rings. The zero-order valence-electron chi connectivity index (χ0n) is 12.8. The lowest BCUT2D eigenvalue weighted by molar-refractivity contribution is 0.0918. The summed E-state index contributed by atoms with van der Waals surface area (Å²) in [6.07, 6.45) is 3.37. The van der Waals surface area contributed by atoms with Gasteiger partial charge in [0.25, 0.3) is 5.91 Å². The number of carbonyl (C=O) groups is 1. The van der Waals surface area contributed by atoms with Gasteiger partial charge in [0.1, 0.15) is 5.69 Å². The number of aryl methyl sites for hydroxylation is 3. The van der Waals surface area contributed by atoms with Crippen molar-refractivity contribution in [3.05, 3.63) is 35.2 Å². The lowest BCUT2D eigenvalue weighted by atomic mass is 10.1. The van der Waals surface area contributed by atoms with E-state index in [0.29, 0.717) is 24.6 Å². The Morgan fingerprint density at radius 2 is 2.00 bits per heavy atom. The van der Waals surface area contributed by atoms with Gasteiger partial charge in [-0.1, -0.05) is 5.21 Å². The molecule has 8 nitrogen and oxygen atoms in total. The number of carbonyl (C=O) groups excluding carboxylic acids is 1. The van der Waals surface area contributed by atoms with E-state index in [1.165, 1.54) is 0 Å². The molecule has 0 saturated carbocycles. The Labute approximate surface area is 127 Å². The third-order valence-electron chi connectivity index (χ3n) is 3.84. The zero-order valence-corrected chi connectivity index (χ0v) is 12.8. The van der Waals surface area contributed by atoms with Gasteiger partial charge >= 0.3 is 0 Å². The van der Waals surface area contributed by atoms with Crippen molar-refractivity contribution < 1.29 is 9.53 Å². The number of amides is 1. The molecule has 1 saturated heterocycles. The third-order valence-corrected chi connectivity index (χ3v) is 3.84. The van der Waals surface area contributed by atoms with Crippen LogP contribution in [-0.2, 0) is 4.74 Å². The maximum absolute atomic E-state index is 12.5. The zero-order chi connectivity index (χ0) is 15.7. The van der Waals surface area contributed by atoms with Crippen LogP contribution in [0.5, 0.6) is 0 Å². The van der Waals surface area contributed by atoms with Gasteiger partial charge in [-0.25, -0.2) is 9.67 Å². The second-order valence-electron chi connectivity index (χ2n) is 5.40. The van der Waals surface area contributed by atoms with Crippen LogP contribution < -0.4 is 5.32 Å². The first-order chi connectivity index (χ1) is 10.6. The average Bonchev–Trinajstić information content (AvgIpc) is 3.13. The van der Waals surface area contributed by atoms with Crippen molar-refractivity contribution in [3.8, 4) is 0 Å². The maximum Gasteiger partial charge on any atom is 0.272 e. The molecule has 0 bridgehead atoms. The molecule has 1 aliphatic heterocycles. The fourth-order valence-corrected chi connectivity index (χ4v) is 2.50. The quantitative estimate of drug-likeness (QED) is 0.880. The van der Waals surface area contributed by atoms with Gasteiger partial charge in [0.05, 0.1) is 48.6 Å². The number of aromatic nitrogens is 5. The standard InChI is InChI=1S/C14H18N6O2/c1-8-9(2)17-13(10(3)16-8)14(21)18-11-6-22-7-12(11)20-5-4-15-19-20/h4-5,11-12H,6-7H2,1-3H3,(H,18,21)/t11-,12+/m0/s1. The summed E-state index contributed by atoms with van der Waals surface area (Å²) in [6.45, 7) is 6.44. The summed E-state index contributed by atoms with van der Waals surface area (Å²) in [7, 11) is 0. The third kappa shape index (κ3) is 2.69. The lowest BCUT2D eigenvalue weighted by Gasteiger charge is -2.19. The molecule has 116 valence electrons. The molecule has 2 atom stereocenters.